The minimum Gasteiger partial charge on any atom is -0.0679 e. The van der Waals surface area contributed by atoms with E-state index in [-0.39, 0.29) is 5.31 Å². The van der Waals surface area contributed by atoms with Crippen molar-refractivity contribution < 1.29 is 0 Å². The quantitative estimate of drug-likeness (QED) is 0.689. The standard InChI is InChI=1S/C22H31B/c1-14-10-16(3)20(17(4)11-14)23(22(7,8)9)21-18(5)12-15(2)13-19(21)6/h10-13H,1-9H3. The zero-order valence-corrected chi connectivity index (χ0v) is 16.4. The van der Waals surface area contributed by atoms with Gasteiger partial charge in [0.15, 0.2) is 0 Å². The van der Waals surface area contributed by atoms with Crippen LogP contribution in [0.3, 0.4) is 0 Å². The lowest BCUT2D eigenvalue weighted by Crippen LogP contribution is -2.53. The molecule has 0 N–H and O–H groups in total. The molecule has 0 aliphatic rings. The van der Waals surface area contributed by atoms with Gasteiger partial charge < -0.3 is 0 Å². The molecule has 2 aromatic rings. The van der Waals surface area contributed by atoms with E-state index < -0.39 is 0 Å². The molecule has 0 unspecified atom stereocenters. The van der Waals surface area contributed by atoms with E-state index in [0.29, 0.717) is 6.71 Å². The van der Waals surface area contributed by atoms with Gasteiger partial charge in [0.2, 0.25) is 6.71 Å². The normalized spacial score (nSPS) is 11.7. The van der Waals surface area contributed by atoms with Crippen LogP contribution in [0.15, 0.2) is 24.3 Å². The summed E-state index contributed by atoms with van der Waals surface area (Å²) < 4.78 is 0. The van der Waals surface area contributed by atoms with Gasteiger partial charge in [-0.05, 0) is 41.5 Å². The monoisotopic (exact) mass is 306 g/mol. The Morgan fingerprint density at radius 2 is 0.826 bits per heavy atom. The molecule has 0 nitrogen and oxygen atoms in total. The summed E-state index contributed by atoms with van der Waals surface area (Å²) in [7, 11) is 0. The van der Waals surface area contributed by atoms with Crippen molar-refractivity contribution in [1.29, 1.82) is 0 Å². The largest absolute Gasteiger partial charge is 0.216 e. The van der Waals surface area contributed by atoms with Gasteiger partial charge in [-0.1, -0.05) is 94.7 Å². The van der Waals surface area contributed by atoms with E-state index in [4.69, 9.17) is 0 Å². The van der Waals surface area contributed by atoms with Gasteiger partial charge in [-0.3, -0.25) is 0 Å². The molecule has 0 heterocycles. The summed E-state index contributed by atoms with van der Waals surface area (Å²) in [4.78, 5) is 0. The molecule has 0 aliphatic carbocycles. The van der Waals surface area contributed by atoms with E-state index in [1.165, 1.54) is 44.3 Å². The molecule has 0 radical (unpaired) electrons. The predicted octanol–water partition coefficient (Wildman–Crippen LogP) is 4.95. The van der Waals surface area contributed by atoms with Crippen molar-refractivity contribution in [3.63, 3.8) is 0 Å². The van der Waals surface area contributed by atoms with E-state index in [2.05, 4.69) is 86.6 Å². The maximum atomic E-state index is 2.37. The van der Waals surface area contributed by atoms with Crippen LogP contribution in [0.5, 0.6) is 0 Å². The highest BCUT2D eigenvalue weighted by atomic mass is 14.2. The Morgan fingerprint density at radius 1 is 0.565 bits per heavy atom. The van der Waals surface area contributed by atoms with E-state index in [0.717, 1.165) is 0 Å². The first-order valence-corrected chi connectivity index (χ1v) is 8.68. The Balaban J connectivity index is 2.81. The summed E-state index contributed by atoms with van der Waals surface area (Å²) in [6, 6.07) is 9.33. The second-order valence-electron chi connectivity index (χ2n) is 8.42. The van der Waals surface area contributed by atoms with Crippen LogP contribution in [0.2, 0.25) is 5.31 Å². The van der Waals surface area contributed by atoms with Crippen molar-refractivity contribution in [2.24, 2.45) is 0 Å². The molecular weight excluding hydrogens is 275 g/mol. The molecule has 0 bridgehead atoms. The Labute approximate surface area is 143 Å². The first-order chi connectivity index (χ1) is 10.5. The fourth-order valence-corrected chi connectivity index (χ4v) is 4.30. The molecule has 0 amide bonds. The molecule has 2 rings (SSSR count). The van der Waals surface area contributed by atoms with Crippen LogP contribution in [-0.2, 0) is 0 Å². The van der Waals surface area contributed by atoms with Crippen molar-refractivity contribution >= 4 is 17.6 Å². The fourth-order valence-electron chi connectivity index (χ4n) is 4.30. The van der Waals surface area contributed by atoms with Crippen molar-refractivity contribution in [3.05, 3.63) is 57.6 Å². The summed E-state index contributed by atoms with van der Waals surface area (Å²) in [5, 5.41) is 0.176. The van der Waals surface area contributed by atoms with Crippen LogP contribution >= 0.6 is 0 Å². The Hall–Kier alpha value is -1.50. The molecule has 0 aliphatic heterocycles. The predicted molar refractivity (Wildman–Crippen MR) is 106 cm³/mol. The summed E-state index contributed by atoms with van der Waals surface area (Å²) in [6.45, 7) is 21.0. The van der Waals surface area contributed by atoms with Gasteiger partial charge in [0, 0.05) is 0 Å². The fraction of sp³-hybridized carbons (Fsp3) is 0.455. The molecule has 0 aromatic heterocycles. The van der Waals surface area contributed by atoms with Gasteiger partial charge in [-0.15, -0.1) is 0 Å². The molecule has 1 heteroatoms. The minimum atomic E-state index is 0.176. The average Bonchev–Trinajstić information content (AvgIpc) is 2.33. The molecule has 23 heavy (non-hydrogen) atoms. The SMILES string of the molecule is Cc1cc(C)c(B(c2c(C)cc(C)cc2C)C(C)(C)C)c(C)c1. The summed E-state index contributed by atoms with van der Waals surface area (Å²) in [5.74, 6) is 0. The second-order valence-corrected chi connectivity index (χ2v) is 8.42. The number of rotatable bonds is 2. The summed E-state index contributed by atoms with van der Waals surface area (Å²) >= 11 is 0. The third-order valence-electron chi connectivity index (χ3n) is 4.92. The van der Waals surface area contributed by atoms with E-state index in [1.54, 1.807) is 0 Å². The van der Waals surface area contributed by atoms with Gasteiger partial charge >= 0.3 is 0 Å². The summed E-state index contributed by atoms with van der Waals surface area (Å²) in [5.41, 5.74) is 11.4. The number of aryl methyl sites for hydroxylation is 6. The number of hydrogen-bond donors (Lipinski definition) is 0. The number of hydrogen-bond acceptors (Lipinski definition) is 0. The van der Waals surface area contributed by atoms with Crippen LogP contribution < -0.4 is 10.9 Å². The van der Waals surface area contributed by atoms with Crippen molar-refractivity contribution in [3.8, 4) is 0 Å². The van der Waals surface area contributed by atoms with Gasteiger partial charge in [0.05, 0.1) is 0 Å². The Bertz CT molecular complexity index is 629. The van der Waals surface area contributed by atoms with E-state index in [1.807, 2.05) is 0 Å². The van der Waals surface area contributed by atoms with Crippen LogP contribution in [0.25, 0.3) is 0 Å². The topological polar surface area (TPSA) is 0 Å². The van der Waals surface area contributed by atoms with Crippen LogP contribution in [0, 0.1) is 41.5 Å². The van der Waals surface area contributed by atoms with E-state index in [9.17, 15) is 0 Å². The van der Waals surface area contributed by atoms with Crippen molar-refractivity contribution in [2.45, 2.75) is 67.6 Å². The zero-order valence-electron chi connectivity index (χ0n) is 16.4. The van der Waals surface area contributed by atoms with E-state index >= 15 is 0 Å². The molecule has 0 atom stereocenters. The van der Waals surface area contributed by atoms with Crippen molar-refractivity contribution in [1.82, 2.24) is 0 Å². The molecule has 2 aromatic carbocycles. The van der Waals surface area contributed by atoms with Gasteiger partial charge in [-0.2, -0.15) is 0 Å². The van der Waals surface area contributed by atoms with Gasteiger partial charge in [-0.25, -0.2) is 0 Å². The van der Waals surface area contributed by atoms with Crippen LogP contribution in [0.1, 0.15) is 54.2 Å². The molecule has 0 fully saturated rings. The Kier molecular flexibility index (Phi) is 4.80. The Morgan fingerprint density at radius 3 is 1.04 bits per heavy atom. The third-order valence-corrected chi connectivity index (χ3v) is 4.92. The van der Waals surface area contributed by atoms with Crippen molar-refractivity contribution in [2.75, 3.05) is 0 Å². The highest BCUT2D eigenvalue weighted by Crippen LogP contribution is 2.30. The first-order valence-electron chi connectivity index (χ1n) is 8.68. The molecule has 0 saturated carbocycles. The lowest BCUT2D eigenvalue weighted by Gasteiger charge is -2.33. The maximum absolute atomic E-state index is 2.37. The van der Waals surface area contributed by atoms with Crippen LogP contribution in [-0.4, -0.2) is 6.71 Å². The average molecular weight is 306 g/mol. The second kappa shape index (κ2) is 6.19. The lowest BCUT2D eigenvalue weighted by atomic mass is 9.26. The highest BCUT2D eigenvalue weighted by Gasteiger charge is 2.36. The third kappa shape index (κ3) is 3.55. The molecule has 122 valence electrons. The van der Waals surface area contributed by atoms with Crippen LogP contribution in [0.4, 0.5) is 0 Å². The number of benzene rings is 2. The highest BCUT2D eigenvalue weighted by molar-refractivity contribution is 6.88. The summed E-state index contributed by atoms with van der Waals surface area (Å²) in [6.07, 6.45) is 0. The molecule has 0 saturated heterocycles. The minimum absolute atomic E-state index is 0.176. The molecule has 0 spiro atoms. The lowest BCUT2D eigenvalue weighted by molar-refractivity contribution is 0.749. The van der Waals surface area contributed by atoms with Gasteiger partial charge in [0.25, 0.3) is 0 Å². The zero-order chi connectivity index (χ0) is 17.5. The first kappa shape index (κ1) is 17.9. The molecular formula is C22H31B. The smallest absolute Gasteiger partial charge is 0.0679 e. The maximum Gasteiger partial charge on any atom is 0.216 e. The van der Waals surface area contributed by atoms with Gasteiger partial charge in [0.1, 0.15) is 0 Å².